The van der Waals surface area contributed by atoms with E-state index in [1.165, 1.54) is 24.7 Å². The summed E-state index contributed by atoms with van der Waals surface area (Å²) in [5.74, 6) is 0.486. The van der Waals surface area contributed by atoms with Crippen molar-refractivity contribution in [2.75, 3.05) is 13.7 Å². The monoisotopic (exact) mass is 438 g/mol. The fraction of sp³-hybridized carbons (Fsp3) is 0.174. The Morgan fingerprint density at radius 1 is 1.06 bits per heavy atom. The van der Waals surface area contributed by atoms with E-state index < -0.39 is 5.97 Å². The van der Waals surface area contributed by atoms with E-state index >= 15 is 0 Å². The number of hydrazone groups is 1. The second kappa shape index (κ2) is 10.4. The first kappa shape index (κ1) is 22.0. The second-order valence-corrected chi connectivity index (χ2v) is 7.58. The third-order valence-electron chi connectivity index (χ3n) is 4.20. The van der Waals surface area contributed by atoms with E-state index in [0.29, 0.717) is 27.7 Å². The molecule has 1 heterocycles. The lowest BCUT2D eigenvalue weighted by atomic mass is 10.1. The Labute approximate surface area is 184 Å². The summed E-state index contributed by atoms with van der Waals surface area (Å²) in [5.41, 5.74) is 5.16. The molecular weight excluding hydrogens is 416 g/mol. The molecule has 3 rings (SSSR count). The summed E-state index contributed by atoms with van der Waals surface area (Å²) in [4.78, 5) is 24.6. The number of rotatable bonds is 8. The summed E-state index contributed by atoms with van der Waals surface area (Å²) < 4.78 is 16.2. The van der Waals surface area contributed by atoms with Gasteiger partial charge in [-0.15, -0.1) is 11.3 Å². The van der Waals surface area contributed by atoms with E-state index in [1.54, 1.807) is 35.7 Å². The molecule has 0 saturated carbocycles. The molecule has 0 aliphatic rings. The lowest BCUT2D eigenvalue weighted by Crippen LogP contribution is -2.24. The van der Waals surface area contributed by atoms with E-state index in [0.717, 1.165) is 11.1 Å². The normalized spacial score (nSPS) is 10.7. The quantitative estimate of drug-likeness (QED) is 0.247. The maximum absolute atomic E-state index is 12.1. The molecule has 3 aromatic rings. The van der Waals surface area contributed by atoms with Gasteiger partial charge in [-0.3, -0.25) is 4.79 Å². The molecule has 0 aliphatic heterocycles. The van der Waals surface area contributed by atoms with Crippen molar-refractivity contribution >= 4 is 29.4 Å². The highest BCUT2D eigenvalue weighted by atomic mass is 32.1. The van der Waals surface area contributed by atoms with Gasteiger partial charge in [0.05, 0.1) is 13.3 Å². The van der Waals surface area contributed by atoms with Crippen molar-refractivity contribution in [2.24, 2.45) is 5.10 Å². The minimum atomic E-state index is -0.453. The van der Waals surface area contributed by atoms with Crippen LogP contribution in [0, 0.1) is 13.8 Å². The van der Waals surface area contributed by atoms with Crippen molar-refractivity contribution in [3.63, 3.8) is 0 Å². The highest BCUT2D eigenvalue weighted by Gasteiger charge is 2.13. The highest BCUT2D eigenvalue weighted by Crippen LogP contribution is 2.28. The SMILES string of the molecule is COc1cc(/C=N\NC(=O)COc2ccc(C)cc2C)ccc1OC(=O)c1cccs1. The molecule has 160 valence electrons. The Morgan fingerprint density at radius 3 is 2.58 bits per heavy atom. The van der Waals surface area contributed by atoms with Crippen LogP contribution in [0.1, 0.15) is 26.4 Å². The average molecular weight is 439 g/mol. The summed E-state index contributed by atoms with van der Waals surface area (Å²) in [6.07, 6.45) is 1.46. The standard InChI is InChI=1S/C23H22N2O5S/c1-15-6-8-18(16(2)11-15)29-14-22(26)25-24-13-17-7-9-19(20(12-17)28-3)30-23(27)21-5-4-10-31-21/h4-13H,14H2,1-3H3,(H,25,26)/b24-13-. The maximum atomic E-state index is 12.1. The fourth-order valence-corrected chi connectivity index (χ4v) is 3.31. The number of hydrogen-bond acceptors (Lipinski definition) is 7. The minimum Gasteiger partial charge on any atom is -0.493 e. The molecule has 1 aromatic heterocycles. The van der Waals surface area contributed by atoms with Crippen LogP contribution in [-0.2, 0) is 4.79 Å². The van der Waals surface area contributed by atoms with Gasteiger partial charge in [-0.2, -0.15) is 5.10 Å². The van der Waals surface area contributed by atoms with Gasteiger partial charge in [0.25, 0.3) is 5.91 Å². The number of esters is 1. The first-order valence-corrected chi connectivity index (χ1v) is 10.3. The Bertz CT molecular complexity index is 1090. The van der Waals surface area contributed by atoms with Gasteiger partial charge in [-0.25, -0.2) is 10.2 Å². The zero-order chi connectivity index (χ0) is 22.2. The van der Waals surface area contributed by atoms with E-state index in [2.05, 4.69) is 10.5 Å². The number of benzene rings is 2. The number of hydrogen-bond donors (Lipinski definition) is 1. The summed E-state index contributed by atoms with van der Waals surface area (Å²) in [6, 6.07) is 14.2. The molecule has 0 atom stereocenters. The van der Waals surface area contributed by atoms with Crippen molar-refractivity contribution < 1.29 is 23.8 Å². The molecule has 1 amide bonds. The third kappa shape index (κ3) is 6.16. The van der Waals surface area contributed by atoms with Crippen LogP contribution in [0.5, 0.6) is 17.2 Å². The summed E-state index contributed by atoms with van der Waals surface area (Å²) in [6.45, 7) is 3.77. The molecule has 0 radical (unpaired) electrons. The number of carbonyl (C=O) groups excluding carboxylic acids is 2. The topological polar surface area (TPSA) is 86.2 Å². The van der Waals surface area contributed by atoms with Crippen LogP contribution in [0.2, 0.25) is 0 Å². The molecule has 31 heavy (non-hydrogen) atoms. The number of carbonyl (C=O) groups is 2. The Hall–Kier alpha value is -3.65. The lowest BCUT2D eigenvalue weighted by molar-refractivity contribution is -0.123. The zero-order valence-corrected chi connectivity index (χ0v) is 18.2. The number of aryl methyl sites for hydroxylation is 2. The van der Waals surface area contributed by atoms with Gasteiger partial charge in [0, 0.05) is 0 Å². The molecule has 0 aliphatic carbocycles. The number of nitrogens with zero attached hydrogens (tertiary/aromatic N) is 1. The predicted octanol–water partition coefficient (Wildman–Crippen LogP) is 4.12. The van der Waals surface area contributed by atoms with Crippen molar-refractivity contribution in [3.8, 4) is 17.2 Å². The molecule has 0 unspecified atom stereocenters. The Balaban J connectivity index is 1.55. The van der Waals surface area contributed by atoms with Gasteiger partial charge in [-0.05, 0) is 60.7 Å². The van der Waals surface area contributed by atoms with Crippen LogP contribution >= 0.6 is 11.3 Å². The molecule has 0 spiro atoms. The summed E-state index contributed by atoms with van der Waals surface area (Å²) in [7, 11) is 1.48. The number of thiophene rings is 1. The van der Waals surface area contributed by atoms with Gasteiger partial charge in [-0.1, -0.05) is 23.8 Å². The minimum absolute atomic E-state index is 0.151. The van der Waals surface area contributed by atoms with Gasteiger partial charge in [0.15, 0.2) is 18.1 Å². The van der Waals surface area contributed by atoms with Crippen LogP contribution in [-0.4, -0.2) is 31.8 Å². The third-order valence-corrected chi connectivity index (χ3v) is 5.05. The van der Waals surface area contributed by atoms with Crippen LogP contribution in [0.15, 0.2) is 59.0 Å². The predicted molar refractivity (Wildman–Crippen MR) is 119 cm³/mol. The van der Waals surface area contributed by atoms with Crippen molar-refractivity contribution in [1.82, 2.24) is 5.43 Å². The number of nitrogens with one attached hydrogen (secondary N) is 1. The molecule has 2 aromatic carbocycles. The molecule has 1 N–H and O–H groups in total. The van der Waals surface area contributed by atoms with Gasteiger partial charge < -0.3 is 14.2 Å². The summed E-state index contributed by atoms with van der Waals surface area (Å²) >= 11 is 1.30. The van der Waals surface area contributed by atoms with Gasteiger partial charge >= 0.3 is 5.97 Å². The largest absolute Gasteiger partial charge is 0.493 e. The van der Waals surface area contributed by atoms with Crippen molar-refractivity contribution in [1.29, 1.82) is 0 Å². The zero-order valence-electron chi connectivity index (χ0n) is 17.4. The van der Waals surface area contributed by atoms with Crippen LogP contribution in [0.3, 0.4) is 0 Å². The molecule has 0 fully saturated rings. The van der Waals surface area contributed by atoms with Crippen LogP contribution in [0.25, 0.3) is 0 Å². The van der Waals surface area contributed by atoms with Crippen molar-refractivity contribution in [2.45, 2.75) is 13.8 Å². The number of amides is 1. The van der Waals surface area contributed by atoms with Crippen molar-refractivity contribution in [3.05, 3.63) is 75.5 Å². The fourth-order valence-electron chi connectivity index (χ4n) is 2.71. The first-order chi connectivity index (χ1) is 15.0. The lowest BCUT2D eigenvalue weighted by Gasteiger charge is -2.09. The highest BCUT2D eigenvalue weighted by molar-refractivity contribution is 7.12. The van der Waals surface area contributed by atoms with Gasteiger partial charge in [0.1, 0.15) is 10.6 Å². The van der Waals surface area contributed by atoms with E-state index in [1.807, 2.05) is 32.0 Å². The molecule has 7 nitrogen and oxygen atoms in total. The van der Waals surface area contributed by atoms with Gasteiger partial charge in [0.2, 0.25) is 0 Å². The molecular formula is C23H22N2O5S. The van der Waals surface area contributed by atoms with E-state index in [-0.39, 0.29) is 12.5 Å². The number of ether oxygens (including phenoxy) is 3. The molecule has 0 saturated heterocycles. The average Bonchev–Trinajstić information content (AvgIpc) is 3.29. The summed E-state index contributed by atoms with van der Waals surface area (Å²) in [5, 5.41) is 5.73. The number of methoxy groups -OCH3 is 1. The van der Waals surface area contributed by atoms with Crippen LogP contribution in [0.4, 0.5) is 0 Å². The van der Waals surface area contributed by atoms with Crippen LogP contribution < -0.4 is 19.6 Å². The molecule has 8 heteroatoms. The smallest absolute Gasteiger partial charge is 0.353 e. The maximum Gasteiger partial charge on any atom is 0.353 e. The Kier molecular flexibility index (Phi) is 7.40. The van der Waals surface area contributed by atoms with E-state index in [9.17, 15) is 9.59 Å². The first-order valence-electron chi connectivity index (χ1n) is 9.42. The Morgan fingerprint density at radius 2 is 1.87 bits per heavy atom. The van der Waals surface area contributed by atoms with E-state index in [4.69, 9.17) is 14.2 Å². The molecule has 0 bridgehead atoms. The second-order valence-electron chi connectivity index (χ2n) is 6.63.